The quantitative estimate of drug-likeness (QED) is 0.590. The Morgan fingerprint density at radius 1 is 0.941 bits per heavy atom. The van der Waals surface area contributed by atoms with Gasteiger partial charge in [0.05, 0.1) is 38.9 Å². The van der Waals surface area contributed by atoms with Crippen LogP contribution in [0.1, 0.15) is 0 Å². The molecular formula is C8H16O7S2. The van der Waals surface area contributed by atoms with Crippen molar-refractivity contribution in [3.8, 4) is 0 Å². The second-order valence-corrected chi connectivity index (χ2v) is 7.32. The van der Waals surface area contributed by atoms with Crippen LogP contribution in [0.5, 0.6) is 0 Å². The van der Waals surface area contributed by atoms with Gasteiger partial charge in [-0.3, -0.25) is 8.37 Å². The monoisotopic (exact) mass is 288 g/mol. The van der Waals surface area contributed by atoms with E-state index in [0.29, 0.717) is 13.2 Å². The molecular weight excluding hydrogens is 272 g/mol. The molecule has 1 fully saturated rings. The molecule has 1 aliphatic heterocycles. The molecule has 17 heavy (non-hydrogen) atoms. The summed E-state index contributed by atoms with van der Waals surface area (Å²) in [5, 5.41) is 0. The van der Waals surface area contributed by atoms with Crippen molar-refractivity contribution in [1.29, 1.82) is 0 Å². The Labute approximate surface area is 101 Å². The maximum atomic E-state index is 10.8. The van der Waals surface area contributed by atoms with Crippen LogP contribution in [0, 0.1) is 11.8 Å². The lowest BCUT2D eigenvalue weighted by molar-refractivity contribution is 0.167. The topological polar surface area (TPSA) is 96.0 Å². The first kappa shape index (κ1) is 14.8. The van der Waals surface area contributed by atoms with Gasteiger partial charge in [-0.1, -0.05) is 0 Å². The van der Waals surface area contributed by atoms with Crippen molar-refractivity contribution in [1.82, 2.24) is 0 Å². The van der Waals surface area contributed by atoms with Gasteiger partial charge in [-0.2, -0.15) is 16.8 Å². The van der Waals surface area contributed by atoms with Crippen LogP contribution in [0.15, 0.2) is 0 Å². The van der Waals surface area contributed by atoms with E-state index in [1.807, 2.05) is 0 Å². The fourth-order valence-corrected chi connectivity index (χ4v) is 2.28. The maximum absolute atomic E-state index is 10.8. The van der Waals surface area contributed by atoms with E-state index >= 15 is 0 Å². The first-order valence-corrected chi connectivity index (χ1v) is 8.57. The van der Waals surface area contributed by atoms with Crippen LogP contribution in [-0.4, -0.2) is 55.8 Å². The average Bonchev–Trinajstić information content (AvgIpc) is 2.56. The summed E-state index contributed by atoms with van der Waals surface area (Å²) in [6.45, 7) is 0.647. The Kier molecular flexibility index (Phi) is 4.90. The molecule has 1 unspecified atom stereocenters. The van der Waals surface area contributed by atoms with E-state index in [2.05, 4.69) is 8.37 Å². The minimum Gasteiger partial charge on any atom is -0.381 e. The molecule has 2 atom stereocenters. The van der Waals surface area contributed by atoms with E-state index in [4.69, 9.17) is 4.74 Å². The highest BCUT2D eigenvalue weighted by Crippen LogP contribution is 2.22. The van der Waals surface area contributed by atoms with E-state index in [1.165, 1.54) is 0 Å². The fraction of sp³-hybridized carbons (Fsp3) is 1.00. The van der Waals surface area contributed by atoms with Crippen LogP contribution in [0.4, 0.5) is 0 Å². The van der Waals surface area contributed by atoms with Crippen molar-refractivity contribution in [2.75, 3.05) is 38.9 Å². The van der Waals surface area contributed by atoms with Gasteiger partial charge in [0.25, 0.3) is 20.2 Å². The fourth-order valence-electron chi connectivity index (χ4n) is 1.43. The molecule has 0 saturated carbocycles. The number of rotatable bonds is 6. The van der Waals surface area contributed by atoms with E-state index in [-0.39, 0.29) is 25.0 Å². The zero-order chi connectivity index (χ0) is 13.1. The van der Waals surface area contributed by atoms with Crippen LogP contribution in [0.2, 0.25) is 0 Å². The molecule has 9 heteroatoms. The van der Waals surface area contributed by atoms with Gasteiger partial charge in [-0.25, -0.2) is 0 Å². The van der Waals surface area contributed by atoms with Crippen molar-refractivity contribution in [2.24, 2.45) is 11.8 Å². The summed E-state index contributed by atoms with van der Waals surface area (Å²) >= 11 is 0. The number of hydrogen-bond donors (Lipinski definition) is 0. The van der Waals surface area contributed by atoms with Gasteiger partial charge >= 0.3 is 0 Å². The Hall–Kier alpha value is -0.220. The first-order chi connectivity index (χ1) is 7.67. The van der Waals surface area contributed by atoms with Crippen molar-refractivity contribution in [3.05, 3.63) is 0 Å². The van der Waals surface area contributed by atoms with Crippen LogP contribution in [0.3, 0.4) is 0 Å². The Morgan fingerprint density at radius 3 is 1.59 bits per heavy atom. The van der Waals surface area contributed by atoms with Gasteiger partial charge in [0, 0.05) is 11.8 Å². The normalized spacial score (nSPS) is 26.2. The molecule has 1 heterocycles. The highest BCUT2D eigenvalue weighted by Gasteiger charge is 2.30. The first-order valence-electron chi connectivity index (χ1n) is 4.94. The zero-order valence-corrected chi connectivity index (χ0v) is 11.3. The van der Waals surface area contributed by atoms with Gasteiger partial charge in [0.1, 0.15) is 0 Å². The molecule has 1 rings (SSSR count). The molecule has 0 N–H and O–H groups in total. The van der Waals surface area contributed by atoms with Gasteiger partial charge in [0.2, 0.25) is 0 Å². The minimum absolute atomic E-state index is 0.0172. The van der Waals surface area contributed by atoms with E-state index in [9.17, 15) is 16.8 Å². The van der Waals surface area contributed by atoms with Crippen molar-refractivity contribution in [2.45, 2.75) is 0 Å². The summed E-state index contributed by atoms with van der Waals surface area (Å²) in [7, 11) is -6.99. The molecule has 0 aliphatic carbocycles. The zero-order valence-electron chi connectivity index (χ0n) is 9.66. The Bertz CT molecular complexity index is 396. The van der Waals surface area contributed by atoms with Gasteiger partial charge in [-0.15, -0.1) is 0 Å². The number of ether oxygens (including phenoxy) is 1. The summed E-state index contributed by atoms with van der Waals surface area (Å²) in [6.07, 6.45) is 1.93. The Morgan fingerprint density at radius 2 is 1.29 bits per heavy atom. The third kappa shape index (κ3) is 6.32. The van der Waals surface area contributed by atoms with Crippen molar-refractivity contribution in [3.63, 3.8) is 0 Å². The standard InChI is InChI=1S/C8H16O7S2/c1-16(9,10)14-5-7-3-13-4-8(7)6-15-17(2,11)12/h7-8H,3-6H2,1-2H3/t7-,8?/m1/s1. The minimum atomic E-state index is -3.49. The largest absolute Gasteiger partial charge is 0.381 e. The van der Waals surface area contributed by atoms with Crippen molar-refractivity contribution >= 4 is 20.2 Å². The van der Waals surface area contributed by atoms with Gasteiger partial charge in [0.15, 0.2) is 0 Å². The van der Waals surface area contributed by atoms with Gasteiger partial charge < -0.3 is 4.74 Å². The molecule has 1 saturated heterocycles. The molecule has 0 amide bonds. The van der Waals surface area contributed by atoms with Crippen LogP contribution in [0.25, 0.3) is 0 Å². The Balaban J connectivity index is 2.44. The molecule has 0 spiro atoms. The lowest BCUT2D eigenvalue weighted by Crippen LogP contribution is -2.25. The SMILES string of the molecule is CS(=O)(=O)OCC1COC[C@@H]1COS(C)(=O)=O. The highest BCUT2D eigenvalue weighted by molar-refractivity contribution is 7.86. The van der Waals surface area contributed by atoms with E-state index in [0.717, 1.165) is 12.5 Å². The summed E-state index contributed by atoms with van der Waals surface area (Å²) < 4.78 is 57.8. The van der Waals surface area contributed by atoms with Crippen LogP contribution >= 0.6 is 0 Å². The predicted octanol–water partition coefficient (Wildman–Crippen LogP) is -0.799. The summed E-state index contributed by atoms with van der Waals surface area (Å²) in [4.78, 5) is 0. The third-order valence-corrected chi connectivity index (χ3v) is 3.45. The average molecular weight is 288 g/mol. The predicted molar refractivity (Wildman–Crippen MR) is 59.4 cm³/mol. The summed E-state index contributed by atoms with van der Waals surface area (Å²) in [5.41, 5.74) is 0. The lowest BCUT2D eigenvalue weighted by atomic mass is 9.98. The van der Waals surface area contributed by atoms with E-state index < -0.39 is 20.2 Å². The molecule has 0 aromatic heterocycles. The summed E-state index contributed by atoms with van der Waals surface area (Å²) in [6, 6.07) is 0. The molecule has 102 valence electrons. The third-order valence-electron chi connectivity index (χ3n) is 2.32. The second-order valence-electron chi connectivity index (χ2n) is 4.03. The highest BCUT2D eigenvalue weighted by atomic mass is 32.2. The van der Waals surface area contributed by atoms with Crippen LogP contribution in [-0.2, 0) is 33.3 Å². The molecule has 0 bridgehead atoms. The smallest absolute Gasteiger partial charge is 0.264 e. The molecule has 0 aromatic carbocycles. The second kappa shape index (κ2) is 5.61. The van der Waals surface area contributed by atoms with E-state index in [1.54, 1.807) is 0 Å². The lowest BCUT2D eigenvalue weighted by Gasteiger charge is -2.15. The molecule has 7 nitrogen and oxygen atoms in total. The summed E-state index contributed by atoms with van der Waals surface area (Å²) in [5.74, 6) is -0.349. The molecule has 0 aromatic rings. The molecule has 1 aliphatic rings. The van der Waals surface area contributed by atoms with Crippen LogP contribution < -0.4 is 0 Å². The number of hydrogen-bond acceptors (Lipinski definition) is 7. The van der Waals surface area contributed by atoms with Crippen molar-refractivity contribution < 1.29 is 29.9 Å². The van der Waals surface area contributed by atoms with Gasteiger partial charge in [-0.05, 0) is 0 Å². The molecule has 0 radical (unpaired) electrons. The maximum Gasteiger partial charge on any atom is 0.264 e.